The van der Waals surface area contributed by atoms with Gasteiger partial charge in [-0.2, -0.15) is 4.57 Å². The summed E-state index contributed by atoms with van der Waals surface area (Å²) in [7, 11) is -2.21. The molecule has 3 aromatic carbocycles. The summed E-state index contributed by atoms with van der Waals surface area (Å²) in [6.07, 6.45) is -3.68. The van der Waals surface area contributed by atoms with Crippen LogP contribution in [0.5, 0.6) is 0 Å². The molecule has 4 aromatic rings. The maximum atomic E-state index is 13.9. The van der Waals surface area contributed by atoms with Crippen molar-refractivity contribution in [1.82, 2.24) is 9.13 Å². The number of ether oxygens (including phenoxy) is 7. The summed E-state index contributed by atoms with van der Waals surface area (Å²) < 4.78 is 54.3. The molecule has 59 heavy (non-hydrogen) atoms. The van der Waals surface area contributed by atoms with Gasteiger partial charge in [-0.1, -0.05) is 99.6 Å². The van der Waals surface area contributed by atoms with Crippen LogP contribution in [0.4, 0.5) is 0 Å². The summed E-state index contributed by atoms with van der Waals surface area (Å²) in [4.78, 5) is 40.2. The molecule has 3 aliphatic heterocycles. The van der Waals surface area contributed by atoms with E-state index in [0.717, 1.165) is 11.1 Å². The van der Waals surface area contributed by atoms with E-state index in [1.165, 1.54) is 16.8 Å². The van der Waals surface area contributed by atoms with E-state index >= 15 is 0 Å². The fourth-order valence-electron chi connectivity index (χ4n) is 7.36. The molecule has 4 heterocycles. The van der Waals surface area contributed by atoms with Crippen LogP contribution in [-0.2, 0) is 50.8 Å². The Bertz CT molecular complexity index is 2140. The normalized spacial score (nSPS) is 26.8. The zero-order chi connectivity index (χ0) is 42.0. The molecule has 13 nitrogen and oxygen atoms in total. The Kier molecular flexibility index (Phi) is 13.0. The summed E-state index contributed by atoms with van der Waals surface area (Å²) in [6.45, 7) is 15.6. The largest absolute Gasteiger partial charge is 0.414 e. The minimum absolute atomic E-state index is 0.00979. The third-order valence-corrected chi connectivity index (χ3v) is 16.1. The highest BCUT2D eigenvalue weighted by Gasteiger charge is 2.56. The number of carbonyl (C=O) groups excluding carboxylic acids is 1. The SMILES string of the molecule is CC1(C)OC2C(O1)[C@@H](CO[C@@H]1C[C@@H](OCc3ccccc3)[C@H](OCc3ccccc3)[C@@H](CO[Si](C)(C)C(C)(C)C)O1)O[C@H]2n1ccc(=O)n(C(=O)c2ccccc2)c1=O. The smallest absolute Gasteiger partial charge is 0.340 e. The summed E-state index contributed by atoms with van der Waals surface area (Å²) in [5, 5.41) is -0.0325. The van der Waals surface area contributed by atoms with Crippen molar-refractivity contribution >= 4 is 14.2 Å². The Balaban J connectivity index is 1.13. The lowest BCUT2D eigenvalue weighted by Crippen LogP contribution is -2.55. The van der Waals surface area contributed by atoms with Gasteiger partial charge in [-0.3, -0.25) is 14.2 Å². The van der Waals surface area contributed by atoms with Gasteiger partial charge in [0.25, 0.3) is 11.5 Å². The van der Waals surface area contributed by atoms with Crippen LogP contribution in [0, 0.1) is 0 Å². The average Bonchev–Trinajstić information content (AvgIpc) is 3.71. The predicted molar refractivity (Wildman–Crippen MR) is 221 cm³/mol. The van der Waals surface area contributed by atoms with Gasteiger partial charge in [-0.05, 0) is 55.2 Å². The van der Waals surface area contributed by atoms with Crippen LogP contribution in [0.25, 0.3) is 0 Å². The number of fused-ring (bicyclic) bond motifs is 1. The van der Waals surface area contributed by atoms with Crippen LogP contribution in [0.3, 0.4) is 0 Å². The van der Waals surface area contributed by atoms with Crippen LogP contribution >= 0.6 is 0 Å². The van der Waals surface area contributed by atoms with Crippen molar-refractivity contribution in [3.63, 3.8) is 0 Å². The number of nitrogens with zero attached hydrogens (tertiary/aromatic N) is 2. The quantitative estimate of drug-likeness (QED) is 0.130. The first-order chi connectivity index (χ1) is 28.1. The van der Waals surface area contributed by atoms with Crippen molar-refractivity contribution in [2.24, 2.45) is 0 Å². The molecular weight excluding hydrogens is 773 g/mol. The van der Waals surface area contributed by atoms with Crippen LogP contribution in [0.1, 0.15) is 68.8 Å². The Morgan fingerprint density at radius 3 is 1.98 bits per heavy atom. The molecule has 1 aromatic heterocycles. The molecule has 0 saturated carbocycles. The predicted octanol–water partition coefficient (Wildman–Crippen LogP) is 6.44. The lowest BCUT2D eigenvalue weighted by molar-refractivity contribution is -0.282. The molecule has 0 bridgehead atoms. The van der Waals surface area contributed by atoms with Crippen LogP contribution in [0.2, 0.25) is 18.1 Å². The molecule has 3 fully saturated rings. The zero-order valence-corrected chi connectivity index (χ0v) is 35.9. The second-order valence-electron chi connectivity index (χ2n) is 17.3. The van der Waals surface area contributed by atoms with Crippen molar-refractivity contribution in [3.8, 4) is 0 Å². The standard InChI is InChI=1S/C45H56N2O11Si/c1-44(2,3)59(6,7)54-29-35-38(53-27-31-19-13-9-14-20-31)33(51-26-30-17-11-8-12-18-30)25-37(55-35)52-28-34-39-40(58-45(4,5)57-39)42(56-34)46-24-23-36(48)47(43(46)50)41(49)32-21-15-10-16-22-32/h8-24,33-35,37-40,42H,25-29H2,1-7H3/t33-,34-,35-,37+,38+,39?,40?,42-/m1/s1. The molecule has 0 aliphatic carbocycles. The molecule has 7 rings (SSSR count). The summed E-state index contributed by atoms with van der Waals surface area (Å²) >= 11 is 0. The molecule has 316 valence electrons. The highest BCUT2D eigenvalue weighted by atomic mass is 28.4. The van der Waals surface area contributed by atoms with Gasteiger partial charge >= 0.3 is 5.69 Å². The molecule has 8 atom stereocenters. The number of benzene rings is 3. The van der Waals surface area contributed by atoms with E-state index in [0.29, 0.717) is 24.2 Å². The molecule has 2 unspecified atom stereocenters. The third kappa shape index (κ3) is 9.94. The molecule has 0 amide bonds. The van der Waals surface area contributed by atoms with Crippen molar-refractivity contribution < 1.29 is 42.4 Å². The third-order valence-electron chi connectivity index (χ3n) is 11.6. The molecule has 14 heteroatoms. The number of rotatable bonds is 14. The number of carbonyl (C=O) groups is 1. The van der Waals surface area contributed by atoms with Crippen molar-refractivity contribution in [2.45, 2.75) is 127 Å². The molecule has 3 saturated heterocycles. The highest BCUT2D eigenvalue weighted by molar-refractivity contribution is 6.74. The molecule has 3 aliphatic rings. The lowest BCUT2D eigenvalue weighted by Gasteiger charge is -2.43. The fraction of sp³-hybridized carbons (Fsp3) is 0.489. The summed E-state index contributed by atoms with van der Waals surface area (Å²) in [6, 6.07) is 29.3. The number of hydrogen-bond acceptors (Lipinski definition) is 11. The molecule has 0 radical (unpaired) electrons. The van der Waals surface area contributed by atoms with Gasteiger partial charge in [0.2, 0.25) is 0 Å². The summed E-state index contributed by atoms with van der Waals surface area (Å²) in [5.41, 5.74) is 0.638. The van der Waals surface area contributed by atoms with Gasteiger partial charge in [0.1, 0.15) is 30.5 Å². The van der Waals surface area contributed by atoms with Crippen molar-refractivity contribution in [3.05, 3.63) is 141 Å². The first kappa shape index (κ1) is 43.0. The van der Waals surface area contributed by atoms with Crippen LogP contribution in [-0.4, -0.2) is 85.3 Å². The Hall–Kier alpha value is -4.09. The first-order valence-electron chi connectivity index (χ1n) is 20.3. The fourth-order valence-corrected chi connectivity index (χ4v) is 8.38. The maximum absolute atomic E-state index is 13.9. The van der Waals surface area contributed by atoms with Gasteiger partial charge < -0.3 is 37.6 Å². The van der Waals surface area contributed by atoms with Crippen molar-refractivity contribution in [2.75, 3.05) is 13.2 Å². The van der Waals surface area contributed by atoms with Gasteiger partial charge in [0.05, 0.1) is 32.5 Å². The second-order valence-corrected chi connectivity index (χ2v) is 22.1. The average molecular weight is 829 g/mol. The highest BCUT2D eigenvalue weighted by Crippen LogP contribution is 2.43. The van der Waals surface area contributed by atoms with E-state index < -0.39 is 80.4 Å². The van der Waals surface area contributed by atoms with Crippen LogP contribution < -0.4 is 11.2 Å². The van der Waals surface area contributed by atoms with E-state index in [1.54, 1.807) is 44.2 Å². The van der Waals surface area contributed by atoms with E-state index in [1.807, 2.05) is 60.7 Å². The summed E-state index contributed by atoms with van der Waals surface area (Å²) in [5.74, 6) is -1.76. The minimum atomic E-state index is -2.21. The Labute approximate surface area is 346 Å². The molecule has 0 N–H and O–H groups in total. The monoisotopic (exact) mass is 828 g/mol. The number of hydrogen-bond donors (Lipinski definition) is 0. The minimum Gasteiger partial charge on any atom is -0.414 e. The molecular formula is C45H56N2O11Si. The van der Waals surface area contributed by atoms with Gasteiger partial charge in [0, 0.05) is 24.2 Å². The second kappa shape index (κ2) is 17.9. The Morgan fingerprint density at radius 1 is 0.763 bits per heavy atom. The first-order valence-corrected chi connectivity index (χ1v) is 23.2. The van der Waals surface area contributed by atoms with Gasteiger partial charge in [0.15, 0.2) is 26.6 Å². The zero-order valence-electron chi connectivity index (χ0n) is 34.9. The lowest BCUT2D eigenvalue weighted by atomic mass is 10.0. The van der Waals surface area contributed by atoms with Crippen molar-refractivity contribution in [1.29, 1.82) is 0 Å². The van der Waals surface area contributed by atoms with Gasteiger partial charge in [-0.25, -0.2) is 4.79 Å². The maximum Gasteiger partial charge on any atom is 0.340 e. The van der Waals surface area contributed by atoms with E-state index in [4.69, 9.17) is 37.6 Å². The van der Waals surface area contributed by atoms with Crippen LogP contribution in [0.15, 0.2) is 113 Å². The molecule has 0 spiro atoms. The Morgan fingerprint density at radius 2 is 1.36 bits per heavy atom. The van der Waals surface area contributed by atoms with E-state index in [9.17, 15) is 14.4 Å². The van der Waals surface area contributed by atoms with E-state index in [-0.39, 0.29) is 23.8 Å². The number of aromatic nitrogens is 2. The van der Waals surface area contributed by atoms with Gasteiger partial charge in [-0.15, -0.1) is 0 Å². The van der Waals surface area contributed by atoms with E-state index in [2.05, 4.69) is 33.9 Å². The topological polar surface area (TPSA) is 135 Å².